The predicted octanol–water partition coefficient (Wildman–Crippen LogP) is 11.8. The Morgan fingerprint density at radius 1 is 0.562 bits per heavy atom. The Morgan fingerprint density at radius 3 is 1.29 bits per heavy atom. The van der Waals surface area contributed by atoms with Crippen molar-refractivity contribution in [3.05, 3.63) is 12.7 Å². The van der Waals surface area contributed by atoms with Crippen molar-refractivity contribution >= 4 is 19.8 Å². The summed E-state index contributed by atoms with van der Waals surface area (Å²) >= 11 is 0. The van der Waals surface area contributed by atoms with E-state index in [1.807, 2.05) is 6.08 Å². The topological polar surface area (TPSA) is 119 Å². The molecule has 0 unspecified atom stereocenters. The summed E-state index contributed by atoms with van der Waals surface area (Å²) in [7, 11) is -4.74. The Labute approximate surface area is 295 Å². The molecule has 0 radical (unpaired) electrons. The Balaban J connectivity index is 3.88. The van der Waals surface area contributed by atoms with Crippen molar-refractivity contribution in [2.45, 2.75) is 212 Å². The molecule has 9 heteroatoms. The molecule has 0 aromatic carbocycles. The van der Waals surface area contributed by atoms with Crippen LogP contribution in [0.15, 0.2) is 12.7 Å². The number of carbonyl (C=O) groups is 2. The lowest BCUT2D eigenvalue weighted by molar-refractivity contribution is -0.161. The second-order valence-corrected chi connectivity index (χ2v) is 14.9. The largest absolute Gasteiger partial charge is 0.469 e. The summed E-state index contributed by atoms with van der Waals surface area (Å²) in [6, 6.07) is 0. The van der Waals surface area contributed by atoms with Gasteiger partial charge in [0.15, 0.2) is 6.10 Å². The number of esters is 2. The van der Waals surface area contributed by atoms with Crippen molar-refractivity contribution in [2.24, 2.45) is 0 Å². The fourth-order valence-corrected chi connectivity index (χ4v) is 6.30. The van der Waals surface area contributed by atoms with E-state index in [-0.39, 0.29) is 19.4 Å². The van der Waals surface area contributed by atoms with Gasteiger partial charge < -0.3 is 19.3 Å². The van der Waals surface area contributed by atoms with Crippen molar-refractivity contribution in [1.82, 2.24) is 0 Å². The average molecular weight is 703 g/mol. The molecule has 8 nitrogen and oxygen atoms in total. The minimum Gasteiger partial charge on any atom is -0.462 e. The minimum absolute atomic E-state index is 0.217. The number of unbranched alkanes of at least 4 members (excludes halogenated alkanes) is 27. The van der Waals surface area contributed by atoms with Crippen LogP contribution in [0.25, 0.3) is 0 Å². The van der Waals surface area contributed by atoms with Gasteiger partial charge in [-0.2, -0.15) is 0 Å². The van der Waals surface area contributed by atoms with Crippen molar-refractivity contribution in [3.63, 3.8) is 0 Å². The number of ether oxygens (including phenoxy) is 2. The Morgan fingerprint density at radius 2 is 0.917 bits per heavy atom. The normalized spacial score (nSPS) is 12.2. The van der Waals surface area contributed by atoms with Crippen molar-refractivity contribution in [3.8, 4) is 0 Å². The Kier molecular flexibility index (Phi) is 34.7. The Bertz CT molecular complexity index is 784. The van der Waals surface area contributed by atoms with E-state index in [2.05, 4.69) is 18.0 Å². The lowest BCUT2D eigenvalue weighted by atomic mass is 10.0. The van der Waals surface area contributed by atoms with Gasteiger partial charge in [0.2, 0.25) is 0 Å². The fourth-order valence-electron chi connectivity index (χ4n) is 5.94. The number of phosphoric acid groups is 1. The molecule has 0 amide bonds. The van der Waals surface area contributed by atoms with Gasteiger partial charge in [0.1, 0.15) is 6.61 Å². The van der Waals surface area contributed by atoms with Gasteiger partial charge in [-0.1, -0.05) is 174 Å². The number of hydrogen-bond donors (Lipinski definition) is 2. The molecule has 0 spiro atoms. The molecule has 0 saturated heterocycles. The first-order valence-electron chi connectivity index (χ1n) is 19.9. The number of rotatable bonds is 38. The maximum absolute atomic E-state index is 12.4. The molecular weight excluding hydrogens is 627 g/mol. The smallest absolute Gasteiger partial charge is 0.462 e. The third-order valence-electron chi connectivity index (χ3n) is 8.93. The van der Waals surface area contributed by atoms with Crippen LogP contribution in [-0.4, -0.2) is 41.0 Å². The molecule has 0 fully saturated rings. The van der Waals surface area contributed by atoms with Gasteiger partial charge >= 0.3 is 19.8 Å². The molecule has 0 aliphatic carbocycles. The van der Waals surface area contributed by atoms with Gasteiger partial charge in [-0.15, -0.1) is 6.58 Å². The zero-order valence-corrected chi connectivity index (χ0v) is 31.9. The highest BCUT2D eigenvalue weighted by Crippen LogP contribution is 2.36. The SMILES string of the molecule is C=CCCCCCCCCCCCCCCCC(=O)OC[C@H](COP(=O)(O)O)OC(=O)CCCCCCCCCCCCCCCCC. The molecular formula is C39H75O8P. The minimum atomic E-state index is -4.74. The molecule has 0 saturated carbocycles. The van der Waals surface area contributed by atoms with Gasteiger partial charge in [0, 0.05) is 12.8 Å². The first-order valence-corrected chi connectivity index (χ1v) is 21.5. The van der Waals surface area contributed by atoms with Crippen molar-refractivity contribution in [2.75, 3.05) is 13.2 Å². The Hall–Kier alpha value is -1.21. The molecule has 0 heterocycles. The lowest BCUT2D eigenvalue weighted by Crippen LogP contribution is -2.29. The molecule has 0 aromatic rings. The fraction of sp³-hybridized carbons (Fsp3) is 0.897. The van der Waals surface area contributed by atoms with Gasteiger partial charge in [0.25, 0.3) is 0 Å². The number of carbonyl (C=O) groups excluding carboxylic acids is 2. The van der Waals surface area contributed by atoms with Crippen LogP contribution in [0, 0.1) is 0 Å². The van der Waals surface area contributed by atoms with Crippen LogP contribution in [0.3, 0.4) is 0 Å². The van der Waals surface area contributed by atoms with E-state index in [9.17, 15) is 14.2 Å². The summed E-state index contributed by atoms with van der Waals surface area (Å²) in [6.45, 7) is 5.21. The van der Waals surface area contributed by atoms with Crippen LogP contribution in [0.2, 0.25) is 0 Å². The summed E-state index contributed by atoms with van der Waals surface area (Å²) in [5.74, 6) is -0.876. The number of hydrogen-bond acceptors (Lipinski definition) is 6. The van der Waals surface area contributed by atoms with E-state index < -0.39 is 32.5 Å². The molecule has 0 aliphatic rings. The second kappa shape index (κ2) is 35.6. The molecule has 2 N–H and O–H groups in total. The van der Waals surface area contributed by atoms with Gasteiger partial charge in [-0.05, 0) is 25.7 Å². The maximum atomic E-state index is 12.4. The van der Waals surface area contributed by atoms with Crippen molar-refractivity contribution in [1.29, 1.82) is 0 Å². The average Bonchev–Trinajstić information content (AvgIpc) is 3.05. The molecule has 0 aromatic heterocycles. The summed E-state index contributed by atoms with van der Waals surface area (Å²) in [5, 5.41) is 0. The first kappa shape index (κ1) is 46.8. The summed E-state index contributed by atoms with van der Waals surface area (Å²) in [5.41, 5.74) is 0. The highest BCUT2D eigenvalue weighted by molar-refractivity contribution is 7.46. The number of phosphoric ester groups is 1. The third kappa shape index (κ3) is 37.6. The van der Waals surface area contributed by atoms with Gasteiger partial charge in [-0.25, -0.2) is 4.57 Å². The summed E-state index contributed by atoms with van der Waals surface area (Å²) < 4.78 is 26.3. The monoisotopic (exact) mass is 703 g/mol. The standard InChI is InChI=1S/C39H75O8P/c1-3-5-7-9-11-13-15-17-19-21-23-25-27-29-31-33-38(40)45-35-37(36-46-48(42,43)44)47-39(41)34-32-30-28-26-24-22-20-18-16-14-12-10-8-6-4-2/h3,37H,1,4-36H2,2H3,(H2,42,43,44)/t37-/m1/s1. The van der Waals surface area contributed by atoms with Crippen LogP contribution >= 0.6 is 7.82 Å². The van der Waals surface area contributed by atoms with Crippen molar-refractivity contribution < 1.29 is 37.9 Å². The number of allylic oxidation sites excluding steroid dienone is 1. The molecule has 0 aliphatic heterocycles. The highest BCUT2D eigenvalue weighted by Gasteiger charge is 2.22. The zero-order chi connectivity index (χ0) is 35.4. The molecule has 48 heavy (non-hydrogen) atoms. The van der Waals surface area contributed by atoms with Gasteiger partial charge in [-0.3, -0.25) is 14.1 Å². The highest BCUT2D eigenvalue weighted by atomic mass is 31.2. The van der Waals surface area contributed by atoms with Gasteiger partial charge in [0.05, 0.1) is 6.61 Å². The van der Waals surface area contributed by atoms with E-state index in [4.69, 9.17) is 19.3 Å². The lowest BCUT2D eigenvalue weighted by Gasteiger charge is -2.18. The second-order valence-electron chi connectivity index (χ2n) is 13.7. The van der Waals surface area contributed by atoms with Crippen LogP contribution < -0.4 is 0 Å². The maximum Gasteiger partial charge on any atom is 0.469 e. The molecule has 284 valence electrons. The first-order chi connectivity index (χ1) is 23.3. The van der Waals surface area contributed by atoms with Crippen LogP contribution in [0.4, 0.5) is 0 Å². The zero-order valence-electron chi connectivity index (χ0n) is 31.0. The van der Waals surface area contributed by atoms with Crippen LogP contribution in [0.5, 0.6) is 0 Å². The van der Waals surface area contributed by atoms with Crippen LogP contribution in [0.1, 0.15) is 206 Å². The van der Waals surface area contributed by atoms with E-state index in [1.54, 1.807) is 0 Å². The molecule has 0 rings (SSSR count). The van der Waals surface area contributed by atoms with Crippen LogP contribution in [-0.2, 0) is 28.2 Å². The molecule has 0 bridgehead atoms. The quantitative estimate of drug-likeness (QED) is 0.0282. The predicted molar refractivity (Wildman–Crippen MR) is 198 cm³/mol. The van der Waals surface area contributed by atoms with E-state index >= 15 is 0 Å². The van der Waals surface area contributed by atoms with E-state index in [0.717, 1.165) is 44.9 Å². The van der Waals surface area contributed by atoms with E-state index in [0.29, 0.717) is 6.42 Å². The molecule has 1 atom stereocenters. The van der Waals surface area contributed by atoms with E-state index in [1.165, 1.54) is 135 Å². The third-order valence-corrected chi connectivity index (χ3v) is 9.42. The summed E-state index contributed by atoms with van der Waals surface area (Å²) in [4.78, 5) is 42.7. The summed E-state index contributed by atoms with van der Waals surface area (Å²) in [6.07, 6.45) is 36.8.